The molecule has 1 nitrogen and oxygen atoms in total. The van der Waals surface area contributed by atoms with Gasteiger partial charge in [0.2, 0.25) is 0 Å². The van der Waals surface area contributed by atoms with E-state index in [1.807, 2.05) is 0 Å². The van der Waals surface area contributed by atoms with E-state index in [0.29, 0.717) is 0 Å². The van der Waals surface area contributed by atoms with Crippen LogP contribution in [0.15, 0.2) is 30.3 Å². The highest BCUT2D eigenvalue weighted by Crippen LogP contribution is 2.23. The normalized spacial score (nSPS) is 10.6. The van der Waals surface area contributed by atoms with Gasteiger partial charge in [0.15, 0.2) is 17.5 Å². The minimum Gasteiger partial charge on any atom is -0.378 e. The maximum Gasteiger partial charge on any atom is 0.196 e. The van der Waals surface area contributed by atoms with E-state index in [9.17, 15) is 17.6 Å². The molecule has 6 heteroatoms. The van der Waals surface area contributed by atoms with Gasteiger partial charge in [-0.15, -0.1) is 0 Å². The maximum atomic E-state index is 13.4. The molecule has 0 aliphatic carbocycles. The number of nitrogens with one attached hydrogen (secondary N) is 1. The average Bonchev–Trinajstić information content (AvgIpc) is 2.38. The molecule has 0 unspecified atom stereocenters. The largest absolute Gasteiger partial charge is 0.378 e. The Bertz CT molecular complexity index is 596. The summed E-state index contributed by atoms with van der Waals surface area (Å²) in [6.07, 6.45) is 0. The summed E-state index contributed by atoms with van der Waals surface area (Å²) in [5, 5.41) is 2.64. The molecule has 2 aromatic rings. The molecule has 2 aromatic carbocycles. The highest BCUT2D eigenvalue weighted by molar-refractivity contribution is 6.31. The van der Waals surface area contributed by atoms with Crippen LogP contribution >= 0.6 is 11.6 Å². The molecule has 0 atom stereocenters. The molecule has 0 bridgehead atoms. The highest BCUT2D eigenvalue weighted by atomic mass is 35.5. The van der Waals surface area contributed by atoms with Crippen molar-refractivity contribution in [1.29, 1.82) is 0 Å². The van der Waals surface area contributed by atoms with Gasteiger partial charge >= 0.3 is 0 Å². The molecule has 0 aromatic heterocycles. The monoisotopic (exact) mass is 289 g/mol. The van der Waals surface area contributed by atoms with E-state index in [4.69, 9.17) is 11.6 Å². The average molecular weight is 290 g/mol. The lowest BCUT2D eigenvalue weighted by Crippen LogP contribution is -2.06. The third-order valence-electron chi connectivity index (χ3n) is 2.55. The Balaban J connectivity index is 2.22. The van der Waals surface area contributed by atoms with Crippen molar-refractivity contribution in [3.05, 3.63) is 64.2 Å². The van der Waals surface area contributed by atoms with Crippen LogP contribution in [0.5, 0.6) is 0 Å². The number of rotatable bonds is 3. The molecule has 0 aliphatic rings. The Labute approximate surface area is 111 Å². The van der Waals surface area contributed by atoms with Gasteiger partial charge in [-0.1, -0.05) is 17.7 Å². The zero-order valence-corrected chi connectivity index (χ0v) is 10.2. The number of hydrogen-bond donors (Lipinski definition) is 1. The van der Waals surface area contributed by atoms with Gasteiger partial charge in [-0.3, -0.25) is 0 Å². The first-order chi connectivity index (χ1) is 9.00. The smallest absolute Gasteiger partial charge is 0.196 e. The van der Waals surface area contributed by atoms with Crippen molar-refractivity contribution in [2.45, 2.75) is 6.54 Å². The maximum absolute atomic E-state index is 13.4. The van der Waals surface area contributed by atoms with Gasteiger partial charge in [-0.2, -0.15) is 0 Å². The molecular formula is C13H8ClF4N. The Morgan fingerprint density at radius 2 is 1.63 bits per heavy atom. The Morgan fingerprint density at radius 1 is 0.895 bits per heavy atom. The van der Waals surface area contributed by atoms with Crippen LogP contribution in [0.2, 0.25) is 5.02 Å². The molecule has 0 heterocycles. The zero-order chi connectivity index (χ0) is 14.0. The van der Waals surface area contributed by atoms with E-state index in [0.717, 1.165) is 12.1 Å². The third-order valence-corrected chi connectivity index (χ3v) is 2.91. The summed E-state index contributed by atoms with van der Waals surface area (Å²) in [6, 6.07) is 5.92. The van der Waals surface area contributed by atoms with Crippen LogP contribution in [0.1, 0.15) is 5.56 Å². The minimum atomic E-state index is -1.58. The first-order valence-corrected chi connectivity index (χ1v) is 5.68. The van der Waals surface area contributed by atoms with E-state index in [2.05, 4.69) is 5.32 Å². The summed E-state index contributed by atoms with van der Waals surface area (Å²) in [4.78, 5) is 0. The predicted molar refractivity (Wildman–Crippen MR) is 65.1 cm³/mol. The quantitative estimate of drug-likeness (QED) is 0.647. The molecule has 0 saturated heterocycles. The van der Waals surface area contributed by atoms with Crippen molar-refractivity contribution < 1.29 is 17.6 Å². The van der Waals surface area contributed by atoms with Crippen LogP contribution < -0.4 is 5.32 Å². The standard InChI is InChI=1S/C13H8ClF4N/c14-8-2-1-3-9(15)7(8)6-19-11-5-4-10(16)12(17)13(11)18/h1-5,19H,6H2. The van der Waals surface area contributed by atoms with Crippen molar-refractivity contribution >= 4 is 17.3 Å². The molecule has 2 rings (SSSR count). The van der Waals surface area contributed by atoms with Gasteiger partial charge in [-0.05, 0) is 24.3 Å². The molecule has 0 amide bonds. The molecule has 0 saturated carbocycles. The lowest BCUT2D eigenvalue weighted by molar-refractivity contribution is 0.449. The van der Waals surface area contributed by atoms with Crippen molar-refractivity contribution in [3.8, 4) is 0 Å². The van der Waals surface area contributed by atoms with Crippen molar-refractivity contribution in [3.63, 3.8) is 0 Å². The molecule has 1 N–H and O–H groups in total. The van der Waals surface area contributed by atoms with Crippen LogP contribution in [-0.2, 0) is 6.54 Å². The van der Waals surface area contributed by atoms with Crippen molar-refractivity contribution in [1.82, 2.24) is 0 Å². The number of hydrogen-bond acceptors (Lipinski definition) is 1. The molecule has 0 fully saturated rings. The highest BCUT2D eigenvalue weighted by Gasteiger charge is 2.14. The Morgan fingerprint density at radius 3 is 2.32 bits per heavy atom. The second-order valence-corrected chi connectivity index (χ2v) is 4.18. The van der Waals surface area contributed by atoms with Gasteiger partial charge in [0.25, 0.3) is 0 Å². The molecular weight excluding hydrogens is 282 g/mol. The van der Waals surface area contributed by atoms with Gasteiger partial charge in [0.05, 0.1) is 5.69 Å². The lowest BCUT2D eigenvalue weighted by atomic mass is 10.2. The third kappa shape index (κ3) is 2.81. The summed E-state index contributed by atoms with van der Waals surface area (Å²) in [5.74, 6) is -4.79. The molecule has 0 aliphatic heterocycles. The fourth-order valence-electron chi connectivity index (χ4n) is 1.55. The van der Waals surface area contributed by atoms with Gasteiger partial charge in [0.1, 0.15) is 5.82 Å². The first-order valence-electron chi connectivity index (χ1n) is 5.31. The fourth-order valence-corrected chi connectivity index (χ4v) is 1.78. The fraction of sp³-hybridized carbons (Fsp3) is 0.0769. The van der Waals surface area contributed by atoms with E-state index in [-0.39, 0.29) is 22.8 Å². The predicted octanol–water partition coefficient (Wildman–Crippen LogP) is 4.51. The van der Waals surface area contributed by atoms with Crippen molar-refractivity contribution in [2.24, 2.45) is 0 Å². The Hall–Kier alpha value is -1.75. The van der Waals surface area contributed by atoms with Crippen LogP contribution in [0.3, 0.4) is 0 Å². The molecule has 100 valence electrons. The SMILES string of the molecule is Fc1ccc(NCc2c(F)cccc2Cl)c(F)c1F. The second-order valence-electron chi connectivity index (χ2n) is 3.78. The summed E-state index contributed by atoms with van der Waals surface area (Å²) >= 11 is 5.78. The van der Waals surface area contributed by atoms with E-state index < -0.39 is 23.3 Å². The summed E-state index contributed by atoms with van der Waals surface area (Å²) in [7, 11) is 0. The summed E-state index contributed by atoms with van der Waals surface area (Å²) in [5.41, 5.74) is -0.147. The zero-order valence-electron chi connectivity index (χ0n) is 9.48. The topological polar surface area (TPSA) is 12.0 Å². The van der Waals surface area contributed by atoms with Gasteiger partial charge < -0.3 is 5.32 Å². The Kier molecular flexibility index (Phi) is 3.95. The van der Waals surface area contributed by atoms with Crippen LogP contribution in [-0.4, -0.2) is 0 Å². The van der Waals surface area contributed by atoms with E-state index >= 15 is 0 Å². The second kappa shape index (κ2) is 5.48. The van der Waals surface area contributed by atoms with Crippen LogP contribution in [0.25, 0.3) is 0 Å². The summed E-state index contributed by atoms with van der Waals surface area (Å²) in [6.45, 7) is -0.145. The van der Waals surface area contributed by atoms with E-state index in [1.54, 1.807) is 0 Å². The lowest BCUT2D eigenvalue weighted by Gasteiger charge is -2.10. The number of benzene rings is 2. The van der Waals surface area contributed by atoms with E-state index in [1.165, 1.54) is 18.2 Å². The first kappa shape index (κ1) is 13.7. The van der Waals surface area contributed by atoms with Crippen LogP contribution in [0.4, 0.5) is 23.2 Å². The molecule has 0 spiro atoms. The number of anilines is 1. The van der Waals surface area contributed by atoms with Gasteiger partial charge in [-0.25, -0.2) is 17.6 Å². The number of halogens is 5. The van der Waals surface area contributed by atoms with Crippen LogP contribution in [0, 0.1) is 23.3 Å². The minimum absolute atomic E-state index is 0.119. The molecule has 0 radical (unpaired) electrons. The molecule has 19 heavy (non-hydrogen) atoms. The summed E-state index contributed by atoms with van der Waals surface area (Å²) < 4.78 is 52.5. The van der Waals surface area contributed by atoms with Crippen molar-refractivity contribution in [2.75, 3.05) is 5.32 Å². The van der Waals surface area contributed by atoms with Gasteiger partial charge in [0, 0.05) is 17.1 Å².